The number of hydrogen-bond acceptors (Lipinski definition) is 5. The first-order valence-corrected chi connectivity index (χ1v) is 11.2. The van der Waals surface area contributed by atoms with Gasteiger partial charge in [-0.05, 0) is 72.7 Å². The lowest BCUT2D eigenvalue weighted by Crippen LogP contribution is -2.32. The van der Waals surface area contributed by atoms with Crippen LogP contribution in [0.5, 0.6) is 0 Å². The van der Waals surface area contributed by atoms with Crippen molar-refractivity contribution in [1.82, 2.24) is 14.9 Å². The Morgan fingerprint density at radius 1 is 1.00 bits per heavy atom. The SMILES string of the molecule is O=C(c1ccco1)N(Cc1cccc(-c2ccc3ncnc(NC4CC4)c3c2)c1)C1CC1. The summed E-state index contributed by atoms with van der Waals surface area (Å²) in [5, 5.41) is 4.55. The number of hydrogen-bond donors (Lipinski definition) is 1. The molecule has 2 fully saturated rings. The first-order chi connectivity index (χ1) is 15.7. The van der Waals surface area contributed by atoms with E-state index in [9.17, 15) is 4.79 Å². The van der Waals surface area contributed by atoms with Crippen LogP contribution >= 0.6 is 0 Å². The third-order valence-corrected chi connectivity index (χ3v) is 6.15. The second-order valence-corrected chi connectivity index (χ2v) is 8.71. The van der Waals surface area contributed by atoms with E-state index >= 15 is 0 Å². The molecule has 1 N–H and O–H groups in total. The highest BCUT2D eigenvalue weighted by Gasteiger charge is 2.34. The lowest BCUT2D eigenvalue weighted by atomic mass is 10.0. The van der Waals surface area contributed by atoms with E-state index in [0.717, 1.165) is 46.3 Å². The number of carbonyl (C=O) groups excluding carboxylic acids is 1. The second-order valence-electron chi connectivity index (χ2n) is 8.71. The zero-order chi connectivity index (χ0) is 21.5. The minimum atomic E-state index is -0.0402. The second kappa shape index (κ2) is 7.79. The highest BCUT2D eigenvalue weighted by Crippen LogP contribution is 2.33. The number of furan rings is 1. The van der Waals surface area contributed by atoms with E-state index in [1.54, 1.807) is 24.7 Å². The van der Waals surface area contributed by atoms with Crippen LogP contribution in [0.4, 0.5) is 5.82 Å². The number of rotatable bonds is 7. The molecule has 2 heterocycles. The maximum atomic E-state index is 12.9. The van der Waals surface area contributed by atoms with Gasteiger partial charge in [0.1, 0.15) is 12.1 Å². The Balaban J connectivity index is 1.30. The number of aromatic nitrogens is 2. The van der Waals surface area contributed by atoms with Gasteiger partial charge < -0.3 is 14.6 Å². The van der Waals surface area contributed by atoms with Gasteiger partial charge in [0, 0.05) is 24.0 Å². The number of benzene rings is 2. The Morgan fingerprint density at radius 3 is 2.66 bits per heavy atom. The van der Waals surface area contributed by atoms with Gasteiger partial charge in [-0.25, -0.2) is 9.97 Å². The molecule has 6 rings (SSSR count). The standard InChI is InChI=1S/C26H24N4O2/c31-26(24-5-2-12-32-24)30(21-9-10-21)15-17-3-1-4-18(13-17)19-6-11-23-22(14-19)25(28-16-27-23)29-20-7-8-20/h1-6,11-14,16,20-21H,7-10,15H2,(H,27,28,29). The summed E-state index contributed by atoms with van der Waals surface area (Å²) in [5.74, 6) is 1.26. The molecule has 0 bridgehead atoms. The molecule has 2 aromatic heterocycles. The summed E-state index contributed by atoms with van der Waals surface area (Å²) >= 11 is 0. The van der Waals surface area contributed by atoms with Gasteiger partial charge >= 0.3 is 0 Å². The lowest BCUT2D eigenvalue weighted by Gasteiger charge is -2.22. The third-order valence-electron chi connectivity index (χ3n) is 6.15. The van der Waals surface area contributed by atoms with E-state index in [4.69, 9.17) is 4.42 Å². The smallest absolute Gasteiger partial charge is 0.290 e. The molecule has 6 heteroatoms. The average Bonchev–Trinajstić information content (AvgIpc) is 3.77. The molecule has 0 atom stereocenters. The first kappa shape index (κ1) is 19.0. The van der Waals surface area contributed by atoms with E-state index in [-0.39, 0.29) is 5.91 Å². The van der Waals surface area contributed by atoms with Gasteiger partial charge in [-0.3, -0.25) is 4.79 Å². The molecule has 160 valence electrons. The molecule has 0 radical (unpaired) electrons. The van der Waals surface area contributed by atoms with Gasteiger partial charge in [0.25, 0.3) is 5.91 Å². The zero-order valence-corrected chi connectivity index (χ0v) is 17.7. The topological polar surface area (TPSA) is 71.3 Å². The molecular weight excluding hydrogens is 400 g/mol. The molecular formula is C26H24N4O2. The fourth-order valence-electron chi connectivity index (χ4n) is 4.11. The maximum Gasteiger partial charge on any atom is 0.290 e. The Labute approximate surface area is 186 Å². The van der Waals surface area contributed by atoms with Gasteiger partial charge in [-0.15, -0.1) is 0 Å². The Hall–Kier alpha value is -3.67. The molecule has 2 aromatic carbocycles. The molecule has 0 saturated heterocycles. The van der Waals surface area contributed by atoms with E-state index in [0.29, 0.717) is 24.4 Å². The van der Waals surface area contributed by atoms with Crippen molar-refractivity contribution in [2.75, 3.05) is 5.32 Å². The average molecular weight is 425 g/mol. The summed E-state index contributed by atoms with van der Waals surface area (Å²) in [6.45, 7) is 0.573. The van der Waals surface area contributed by atoms with Crippen molar-refractivity contribution in [3.05, 3.63) is 78.5 Å². The predicted octanol–water partition coefficient (Wildman–Crippen LogP) is 5.27. The summed E-state index contributed by atoms with van der Waals surface area (Å²) in [4.78, 5) is 23.8. The van der Waals surface area contributed by atoms with Crippen LogP contribution in [0.25, 0.3) is 22.0 Å². The van der Waals surface area contributed by atoms with Crippen LogP contribution in [0, 0.1) is 0 Å². The Bertz CT molecular complexity index is 1280. The normalized spacial score (nSPS) is 15.6. The van der Waals surface area contributed by atoms with Gasteiger partial charge in [0.05, 0.1) is 11.8 Å². The molecule has 6 nitrogen and oxygen atoms in total. The first-order valence-electron chi connectivity index (χ1n) is 11.2. The molecule has 0 spiro atoms. The number of nitrogens with zero attached hydrogens (tertiary/aromatic N) is 3. The van der Waals surface area contributed by atoms with Crippen molar-refractivity contribution in [3.63, 3.8) is 0 Å². The third kappa shape index (κ3) is 3.84. The number of nitrogens with one attached hydrogen (secondary N) is 1. The Morgan fingerprint density at radius 2 is 1.88 bits per heavy atom. The van der Waals surface area contributed by atoms with Crippen molar-refractivity contribution in [1.29, 1.82) is 0 Å². The molecule has 2 aliphatic carbocycles. The fourth-order valence-corrected chi connectivity index (χ4v) is 4.11. The summed E-state index contributed by atoms with van der Waals surface area (Å²) < 4.78 is 5.36. The quantitative estimate of drug-likeness (QED) is 0.438. The van der Waals surface area contributed by atoms with Crippen molar-refractivity contribution in [3.8, 4) is 11.1 Å². The maximum absolute atomic E-state index is 12.9. The van der Waals surface area contributed by atoms with Crippen LogP contribution in [-0.4, -0.2) is 32.9 Å². The summed E-state index contributed by atoms with van der Waals surface area (Å²) in [6.07, 6.45) is 7.66. The predicted molar refractivity (Wildman–Crippen MR) is 123 cm³/mol. The van der Waals surface area contributed by atoms with Crippen molar-refractivity contribution in [2.45, 2.75) is 44.3 Å². The highest BCUT2D eigenvalue weighted by atomic mass is 16.3. The van der Waals surface area contributed by atoms with Crippen LogP contribution in [-0.2, 0) is 6.54 Å². The van der Waals surface area contributed by atoms with Crippen molar-refractivity contribution < 1.29 is 9.21 Å². The van der Waals surface area contributed by atoms with Crippen LogP contribution in [0.1, 0.15) is 41.8 Å². The fraction of sp³-hybridized carbons (Fsp3) is 0.269. The molecule has 2 saturated carbocycles. The van der Waals surface area contributed by atoms with Gasteiger partial charge in [-0.1, -0.05) is 24.3 Å². The van der Waals surface area contributed by atoms with Crippen LogP contribution < -0.4 is 5.32 Å². The molecule has 2 aliphatic rings. The minimum Gasteiger partial charge on any atom is -0.459 e. The minimum absolute atomic E-state index is 0.0402. The summed E-state index contributed by atoms with van der Waals surface area (Å²) in [6, 6.07) is 19.0. The van der Waals surface area contributed by atoms with Crippen LogP contribution in [0.15, 0.2) is 71.6 Å². The lowest BCUT2D eigenvalue weighted by molar-refractivity contribution is 0.0697. The monoisotopic (exact) mass is 424 g/mol. The van der Waals surface area contributed by atoms with Crippen molar-refractivity contribution in [2.24, 2.45) is 0 Å². The molecule has 4 aromatic rings. The Kier molecular flexibility index (Phi) is 4.63. The molecule has 0 aliphatic heterocycles. The largest absolute Gasteiger partial charge is 0.459 e. The summed E-state index contributed by atoms with van der Waals surface area (Å²) in [7, 11) is 0. The number of amides is 1. The zero-order valence-electron chi connectivity index (χ0n) is 17.7. The molecule has 1 amide bonds. The highest BCUT2D eigenvalue weighted by molar-refractivity contribution is 5.93. The number of carbonyl (C=O) groups is 1. The molecule has 0 unspecified atom stereocenters. The van der Waals surface area contributed by atoms with E-state index in [1.165, 1.54) is 12.8 Å². The number of fused-ring (bicyclic) bond motifs is 1. The van der Waals surface area contributed by atoms with Crippen molar-refractivity contribution >= 4 is 22.6 Å². The summed E-state index contributed by atoms with van der Waals surface area (Å²) in [5.41, 5.74) is 4.28. The van der Waals surface area contributed by atoms with Gasteiger partial charge in [-0.2, -0.15) is 0 Å². The number of anilines is 1. The molecule has 32 heavy (non-hydrogen) atoms. The van der Waals surface area contributed by atoms with E-state index in [2.05, 4.69) is 51.7 Å². The van der Waals surface area contributed by atoms with E-state index < -0.39 is 0 Å². The van der Waals surface area contributed by atoms with Crippen LogP contribution in [0.3, 0.4) is 0 Å². The van der Waals surface area contributed by atoms with Gasteiger partial charge in [0.15, 0.2) is 5.76 Å². The van der Waals surface area contributed by atoms with Gasteiger partial charge in [0.2, 0.25) is 0 Å². The van der Waals surface area contributed by atoms with E-state index in [1.807, 2.05) is 11.0 Å². The van der Waals surface area contributed by atoms with Crippen LogP contribution in [0.2, 0.25) is 0 Å².